The van der Waals surface area contributed by atoms with Gasteiger partial charge in [-0.05, 0) is 113 Å². The Morgan fingerprint density at radius 3 is 1.53 bits per heavy atom. The molecular weight excluding hydrogens is 923 g/mol. The lowest BCUT2D eigenvalue weighted by atomic mass is 9.99. The second-order valence-electron chi connectivity index (χ2n) is 17.6. The Balaban J connectivity index is 0.000000239. The van der Waals surface area contributed by atoms with Crippen LogP contribution in [0.5, 0.6) is 0 Å². The van der Waals surface area contributed by atoms with Crippen LogP contribution < -0.4 is 27.0 Å². The number of nitrogens with zero attached hydrogens (tertiary/aromatic N) is 2. The van der Waals surface area contributed by atoms with E-state index in [1.165, 1.54) is 0 Å². The first-order valence-electron chi connectivity index (χ1n) is 24.2. The highest BCUT2D eigenvalue weighted by Gasteiger charge is 2.28. The number of Topliss-reactive ketones (excluding diaryl/α,β-unsaturated/α-hetero) is 1. The molecule has 0 bridgehead atoms. The van der Waals surface area contributed by atoms with Crippen LogP contribution in [-0.2, 0) is 39.9 Å². The van der Waals surface area contributed by atoms with E-state index in [0.717, 1.165) is 78.7 Å². The normalized spacial score (nSPS) is 14.6. The minimum absolute atomic E-state index is 0.0347. The molecule has 0 spiro atoms. The molecule has 0 radical (unpaired) electrons. The largest absolute Gasteiger partial charge is 0.481 e. The molecule has 2 aromatic carbocycles. The third-order valence-electron chi connectivity index (χ3n) is 12.7. The zero-order chi connectivity index (χ0) is 52.8. The van der Waals surface area contributed by atoms with Crippen LogP contribution in [0.25, 0.3) is 23.3 Å². The lowest BCUT2D eigenvalue weighted by molar-refractivity contribution is -0.152. The molecule has 7 rings (SSSR count). The number of ether oxygens (including phenoxy) is 1. The Morgan fingerprint density at radius 1 is 0.667 bits per heavy atom. The number of fused-ring (bicyclic) bond motifs is 2. The van der Waals surface area contributed by atoms with Crippen molar-refractivity contribution in [3.63, 3.8) is 0 Å². The summed E-state index contributed by atoms with van der Waals surface area (Å²) in [5, 5.41) is 20.5. The third kappa shape index (κ3) is 14.3. The second-order valence-corrected chi connectivity index (χ2v) is 17.6. The lowest BCUT2D eigenvalue weighted by Gasteiger charge is -2.18. The fraction of sp³-hybridized carbons (Fsp3) is 0.396. The minimum atomic E-state index is -1.01. The van der Waals surface area contributed by atoms with Crippen LogP contribution in [0.2, 0.25) is 0 Å². The van der Waals surface area contributed by atoms with E-state index in [4.69, 9.17) is 10.8 Å². The summed E-state index contributed by atoms with van der Waals surface area (Å²) in [6.07, 6.45) is 3.90. The van der Waals surface area contributed by atoms with Gasteiger partial charge in [0.15, 0.2) is 0 Å². The monoisotopic (exact) mass is 990 g/mol. The predicted molar refractivity (Wildman–Crippen MR) is 277 cm³/mol. The van der Waals surface area contributed by atoms with Gasteiger partial charge in [-0.25, -0.2) is 0 Å². The average Bonchev–Trinajstić information content (AvgIpc) is 4.11. The number of nitrogen functional groups attached to an aromatic ring is 1. The number of nitrogens with one attached hydrogen (secondary N) is 6. The Labute approximate surface area is 419 Å². The maximum absolute atomic E-state index is 12.9. The van der Waals surface area contributed by atoms with E-state index in [1.807, 2.05) is 27.7 Å². The summed E-state index contributed by atoms with van der Waals surface area (Å²) >= 11 is 0. The summed E-state index contributed by atoms with van der Waals surface area (Å²) in [5.74, 6) is -2.68. The molecule has 1 saturated heterocycles. The van der Waals surface area contributed by atoms with Crippen molar-refractivity contribution in [1.82, 2.24) is 30.4 Å². The SMILES string of the molecule is CCN(CC)CCNC(=O)c1c(C)[nH]c(/C=C2\C(=O)Nc3ccc(CC(=O)CCC(=O)O)cc32)c1C.CCN(CC)CCNC(=O)c1c(C)[nH]c(/C=C2\C(=O)Nc3ccc(N)cc32)c1C.O=C1CCC(=O)O1. The van der Waals surface area contributed by atoms with Crippen molar-refractivity contribution >= 4 is 87.7 Å². The van der Waals surface area contributed by atoms with Gasteiger partial charge in [-0.2, -0.15) is 0 Å². The number of hydrogen-bond donors (Lipinski definition) is 8. The van der Waals surface area contributed by atoms with Gasteiger partial charge in [0.2, 0.25) is 0 Å². The number of aryl methyl sites for hydroxylation is 2. The zero-order valence-electron chi connectivity index (χ0n) is 42.4. The van der Waals surface area contributed by atoms with E-state index in [0.29, 0.717) is 63.6 Å². The van der Waals surface area contributed by atoms with E-state index < -0.39 is 17.9 Å². The van der Waals surface area contributed by atoms with Crippen molar-refractivity contribution in [2.75, 3.05) is 68.7 Å². The Bertz CT molecular complexity index is 2780. The number of aromatic nitrogens is 2. The number of hydrogen-bond acceptors (Lipinski definition) is 12. The van der Waals surface area contributed by atoms with E-state index in [9.17, 15) is 38.4 Å². The van der Waals surface area contributed by atoms with Crippen LogP contribution in [0.3, 0.4) is 0 Å². The van der Waals surface area contributed by atoms with Crippen LogP contribution in [-0.4, -0.2) is 125 Å². The molecule has 0 aliphatic carbocycles. The lowest BCUT2D eigenvalue weighted by Crippen LogP contribution is -2.35. The van der Waals surface area contributed by atoms with Gasteiger partial charge in [0.05, 0.1) is 41.5 Å². The molecule has 0 saturated carbocycles. The number of ketones is 1. The summed E-state index contributed by atoms with van der Waals surface area (Å²) in [6, 6.07) is 10.6. The Kier molecular flexibility index (Phi) is 19.6. The van der Waals surface area contributed by atoms with Gasteiger partial charge < -0.3 is 56.6 Å². The number of amides is 4. The van der Waals surface area contributed by atoms with Crippen LogP contribution in [0.1, 0.15) is 125 Å². The first-order chi connectivity index (χ1) is 34.3. The van der Waals surface area contributed by atoms with Crippen molar-refractivity contribution in [1.29, 1.82) is 0 Å². The molecule has 72 heavy (non-hydrogen) atoms. The number of carboxylic acids is 1. The maximum Gasteiger partial charge on any atom is 0.314 e. The molecule has 5 heterocycles. The molecule has 384 valence electrons. The van der Waals surface area contributed by atoms with Crippen molar-refractivity contribution in [3.05, 3.63) is 98.1 Å². The quantitative estimate of drug-likeness (QED) is 0.0239. The number of cyclic esters (lactones) is 2. The van der Waals surface area contributed by atoms with E-state index in [2.05, 4.69) is 73.5 Å². The number of aromatic amines is 2. The highest BCUT2D eigenvalue weighted by molar-refractivity contribution is 6.35. The fourth-order valence-electron chi connectivity index (χ4n) is 8.55. The predicted octanol–water partition coefficient (Wildman–Crippen LogP) is 5.80. The number of carbonyl (C=O) groups is 8. The van der Waals surface area contributed by atoms with Gasteiger partial charge in [0.1, 0.15) is 5.78 Å². The van der Waals surface area contributed by atoms with Gasteiger partial charge in [-0.15, -0.1) is 0 Å². The first-order valence-corrected chi connectivity index (χ1v) is 24.2. The van der Waals surface area contributed by atoms with Gasteiger partial charge in [0, 0.05) is 90.0 Å². The molecule has 4 aromatic rings. The van der Waals surface area contributed by atoms with Gasteiger partial charge in [0.25, 0.3) is 23.6 Å². The molecule has 19 nitrogen and oxygen atoms in total. The summed E-state index contributed by atoms with van der Waals surface area (Å²) in [7, 11) is 0. The topological polar surface area (TPSA) is 278 Å². The summed E-state index contributed by atoms with van der Waals surface area (Å²) in [5.41, 5.74) is 16.7. The van der Waals surface area contributed by atoms with Crippen molar-refractivity contribution < 1.29 is 48.2 Å². The molecule has 0 atom stereocenters. The molecule has 9 N–H and O–H groups in total. The van der Waals surface area contributed by atoms with Crippen LogP contribution in [0.15, 0.2) is 36.4 Å². The van der Waals surface area contributed by atoms with E-state index in [1.54, 1.807) is 48.6 Å². The van der Waals surface area contributed by atoms with Crippen molar-refractivity contribution in [2.24, 2.45) is 0 Å². The number of carbonyl (C=O) groups excluding carboxylic acids is 7. The molecule has 3 aliphatic heterocycles. The smallest absolute Gasteiger partial charge is 0.314 e. The number of aliphatic carboxylic acids is 1. The molecule has 3 aliphatic rings. The van der Waals surface area contributed by atoms with Gasteiger partial charge in [-0.3, -0.25) is 38.4 Å². The van der Waals surface area contributed by atoms with E-state index in [-0.39, 0.29) is 61.5 Å². The summed E-state index contributed by atoms with van der Waals surface area (Å²) in [4.78, 5) is 105. The molecule has 1 fully saturated rings. The number of carboxylic acid groups (broad SMARTS) is 1. The summed E-state index contributed by atoms with van der Waals surface area (Å²) in [6.45, 7) is 22.3. The number of rotatable bonds is 19. The molecule has 0 unspecified atom stereocenters. The van der Waals surface area contributed by atoms with E-state index >= 15 is 0 Å². The minimum Gasteiger partial charge on any atom is -0.481 e. The average molecular weight is 990 g/mol. The number of anilines is 3. The molecule has 19 heteroatoms. The third-order valence-corrected chi connectivity index (χ3v) is 12.7. The molecule has 2 aromatic heterocycles. The first kappa shape index (κ1) is 55.3. The summed E-state index contributed by atoms with van der Waals surface area (Å²) < 4.78 is 4.08. The van der Waals surface area contributed by atoms with Crippen molar-refractivity contribution in [3.8, 4) is 0 Å². The number of esters is 2. The fourth-order valence-corrected chi connectivity index (χ4v) is 8.55. The highest BCUT2D eigenvalue weighted by atomic mass is 16.6. The standard InChI is InChI=1S/C27H34N4O5.C22H29N5O2.C4H4O3/c1-5-31(6-2)12-11-28-27(36)25-16(3)23(29-17(25)4)15-21-20-14-18(7-9-22(20)30-26(21)35)13-19(32)8-10-24(33)34;1-5-27(6-2)10-9-24-22(29)20-13(3)19(25-14(20)4)12-17-16-11-15(23)7-8-18(16)26-21(17)28;5-3-1-2-4(6)7-3/h7,9,14-15,29H,5-6,8,10-13H2,1-4H3,(H,28,36)(H,30,35)(H,33,34);7-8,11-12,25H,5-6,9-10,23H2,1-4H3,(H,24,29)(H,26,28);1-2H2/b21-15-;17-12-;. The number of nitrogens with two attached hydrogens (primary N) is 1. The number of H-pyrrole nitrogens is 2. The Morgan fingerprint density at radius 2 is 1.11 bits per heavy atom. The number of likely N-dealkylation sites (N-methyl/N-ethyl adjacent to an activating group) is 2. The van der Waals surface area contributed by atoms with Gasteiger partial charge >= 0.3 is 17.9 Å². The van der Waals surface area contributed by atoms with Crippen LogP contribution >= 0.6 is 0 Å². The second kappa shape index (κ2) is 25.5. The zero-order valence-corrected chi connectivity index (χ0v) is 42.4. The Hall–Kier alpha value is -7.64. The van der Waals surface area contributed by atoms with Crippen LogP contribution in [0, 0.1) is 27.7 Å². The molecular formula is C53H67N9O10. The maximum atomic E-state index is 12.9. The highest BCUT2D eigenvalue weighted by Crippen LogP contribution is 2.36. The van der Waals surface area contributed by atoms with Crippen LogP contribution in [0.4, 0.5) is 17.1 Å². The number of benzene rings is 2. The molecule has 4 amide bonds. The van der Waals surface area contributed by atoms with Crippen molar-refractivity contribution in [2.45, 2.75) is 87.5 Å². The van der Waals surface area contributed by atoms with Gasteiger partial charge in [-0.1, -0.05) is 33.8 Å².